The lowest BCUT2D eigenvalue weighted by Crippen LogP contribution is -2.06. The van der Waals surface area contributed by atoms with Crippen molar-refractivity contribution < 1.29 is 27.8 Å². The number of benzene rings is 1. The molecule has 0 aliphatic carbocycles. The molecule has 1 aromatic rings. The lowest BCUT2D eigenvalue weighted by molar-refractivity contribution is -0.137. The fourth-order valence-electron chi connectivity index (χ4n) is 2.00. The first kappa shape index (κ1) is 13.6. The Bertz CT molecular complexity index is 532. The molecule has 3 nitrogen and oxygen atoms in total. The zero-order valence-electron chi connectivity index (χ0n) is 9.83. The van der Waals surface area contributed by atoms with Crippen molar-refractivity contribution in [2.75, 3.05) is 6.61 Å². The molecule has 102 valence electrons. The van der Waals surface area contributed by atoms with Crippen LogP contribution < -0.4 is 0 Å². The lowest BCUT2D eigenvalue weighted by Gasteiger charge is -2.12. The summed E-state index contributed by atoms with van der Waals surface area (Å²) < 4.78 is 43.1. The number of halogens is 3. The summed E-state index contributed by atoms with van der Waals surface area (Å²) in [5.74, 6) is -1.12. The Labute approximate surface area is 107 Å². The molecule has 0 spiro atoms. The smallest absolute Gasteiger partial charge is 0.416 e. The number of carboxylic acids is 1. The highest BCUT2D eigenvalue weighted by Crippen LogP contribution is 2.34. The van der Waals surface area contributed by atoms with E-state index in [0.717, 1.165) is 18.2 Å². The van der Waals surface area contributed by atoms with Gasteiger partial charge in [0.25, 0.3) is 0 Å². The van der Waals surface area contributed by atoms with Crippen LogP contribution in [0.3, 0.4) is 0 Å². The fourth-order valence-corrected chi connectivity index (χ4v) is 2.00. The summed E-state index contributed by atoms with van der Waals surface area (Å²) in [7, 11) is 0. The van der Waals surface area contributed by atoms with E-state index in [2.05, 4.69) is 0 Å². The van der Waals surface area contributed by atoms with Crippen LogP contribution in [0.2, 0.25) is 0 Å². The van der Waals surface area contributed by atoms with Crippen molar-refractivity contribution in [3.8, 4) is 0 Å². The lowest BCUT2D eigenvalue weighted by atomic mass is 9.96. The van der Waals surface area contributed by atoms with Crippen molar-refractivity contribution in [1.29, 1.82) is 0 Å². The minimum atomic E-state index is -4.42. The minimum absolute atomic E-state index is 0.0518. The Balaban J connectivity index is 2.49. The number of fused-ring (bicyclic) bond motifs is 1. The van der Waals surface area contributed by atoms with Crippen molar-refractivity contribution in [2.45, 2.75) is 19.2 Å². The van der Waals surface area contributed by atoms with Crippen LogP contribution in [0.4, 0.5) is 13.2 Å². The van der Waals surface area contributed by atoms with E-state index in [4.69, 9.17) is 9.84 Å². The van der Waals surface area contributed by atoms with E-state index >= 15 is 0 Å². The molecule has 0 amide bonds. The van der Waals surface area contributed by atoms with Gasteiger partial charge in [-0.1, -0.05) is 6.07 Å². The third kappa shape index (κ3) is 3.14. The number of ether oxygens (including phenoxy) is 1. The topological polar surface area (TPSA) is 46.5 Å². The van der Waals surface area contributed by atoms with Gasteiger partial charge in [-0.25, -0.2) is 4.79 Å². The number of rotatable bonds is 1. The molecule has 1 N–H and O–H groups in total. The van der Waals surface area contributed by atoms with E-state index < -0.39 is 17.7 Å². The molecule has 0 bridgehead atoms. The molecule has 0 fully saturated rings. The van der Waals surface area contributed by atoms with Crippen LogP contribution in [0, 0.1) is 0 Å². The van der Waals surface area contributed by atoms with E-state index in [0.29, 0.717) is 23.1 Å². The van der Waals surface area contributed by atoms with Crippen molar-refractivity contribution in [1.82, 2.24) is 0 Å². The highest BCUT2D eigenvalue weighted by Gasteiger charge is 2.31. The monoisotopic (exact) mass is 272 g/mol. The zero-order valence-corrected chi connectivity index (χ0v) is 9.83. The van der Waals surface area contributed by atoms with Crippen LogP contribution in [-0.2, 0) is 22.3 Å². The first-order valence-electron chi connectivity index (χ1n) is 5.59. The molecule has 0 unspecified atom stereocenters. The largest absolute Gasteiger partial charge is 0.478 e. The number of carbonyl (C=O) groups is 1. The van der Waals surface area contributed by atoms with Gasteiger partial charge in [0.1, 0.15) is 0 Å². The summed E-state index contributed by atoms with van der Waals surface area (Å²) in [6.45, 7) is 0.339. The van der Waals surface area contributed by atoms with Gasteiger partial charge in [0.15, 0.2) is 0 Å². The predicted octanol–water partition coefficient (Wildman–Crippen LogP) is 3.09. The van der Waals surface area contributed by atoms with E-state index in [-0.39, 0.29) is 13.2 Å². The maximum Gasteiger partial charge on any atom is 0.416 e. The number of carboxylic acid groups (broad SMARTS) is 1. The second kappa shape index (κ2) is 5.05. The number of aliphatic carboxylic acids is 1. The highest BCUT2D eigenvalue weighted by atomic mass is 19.4. The van der Waals surface area contributed by atoms with Gasteiger partial charge in [0.2, 0.25) is 0 Å². The molecule has 1 aliphatic rings. The second-order valence-electron chi connectivity index (χ2n) is 4.18. The van der Waals surface area contributed by atoms with Crippen molar-refractivity contribution >= 4 is 11.5 Å². The molecule has 0 saturated carbocycles. The van der Waals surface area contributed by atoms with Crippen LogP contribution in [0.25, 0.3) is 5.57 Å². The third-order valence-electron chi connectivity index (χ3n) is 2.85. The summed E-state index contributed by atoms with van der Waals surface area (Å²) in [4.78, 5) is 10.7. The Morgan fingerprint density at radius 3 is 2.74 bits per heavy atom. The summed E-state index contributed by atoms with van der Waals surface area (Å²) in [5.41, 5.74) is 0.591. The SMILES string of the molecule is O=C(O)/C=C1\CCOCc2cc(C(F)(F)F)ccc21. The van der Waals surface area contributed by atoms with E-state index in [1.807, 2.05) is 0 Å². The molecule has 1 aromatic carbocycles. The molecule has 0 atom stereocenters. The van der Waals surface area contributed by atoms with Gasteiger partial charge in [-0.05, 0) is 35.3 Å². The second-order valence-corrected chi connectivity index (χ2v) is 4.18. The third-order valence-corrected chi connectivity index (χ3v) is 2.85. The number of hydrogen-bond donors (Lipinski definition) is 1. The average molecular weight is 272 g/mol. The Kier molecular flexibility index (Phi) is 3.61. The summed E-state index contributed by atoms with van der Waals surface area (Å²) in [5, 5.41) is 8.77. The van der Waals surface area contributed by atoms with Gasteiger partial charge in [-0.2, -0.15) is 13.2 Å². The van der Waals surface area contributed by atoms with Gasteiger partial charge in [0, 0.05) is 6.08 Å². The summed E-state index contributed by atoms with van der Waals surface area (Å²) in [6, 6.07) is 3.28. The average Bonchev–Trinajstić information content (AvgIpc) is 2.49. The van der Waals surface area contributed by atoms with Crippen LogP contribution in [0.15, 0.2) is 24.3 Å². The van der Waals surface area contributed by atoms with Gasteiger partial charge in [-0.3, -0.25) is 0 Å². The Hall–Kier alpha value is -1.82. The summed E-state index contributed by atoms with van der Waals surface area (Å²) >= 11 is 0. The molecule has 6 heteroatoms. The first-order chi connectivity index (χ1) is 8.88. The van der Waals surface area contributed by atoms with Gasteiger partial charge in [0.05, 0.1) is 18.8 Å². The predicted molar refractivity (Wildman–Crippen MR) is 61.3 cm³/mol. The quantitative estimate of drug-likeness (QED) is 0.799. The first-order valence-corrected chi connectivity index (χ1v) is 5.59. The highest BCUT2D eigenvalue weighted by molar-refractivity contribution is 5.90. The zero-order chi connectivity index (χ0) is 14.0. The maximum atomic E-state index is 12.6. The molecular formula is C13H11F3O3. The van der Waals surface area contributed by atoms with E-state index in [1.165, 1.54) is 6.07 Å². The molecule has 1 aliphatic heterocycles. The van der Waals surface area contributed by atoms with Crippen LogP contribution >= 0.6 is 0 Å². The number of alkyl halides is 3. The molecule has 19 heavy (non-hydrogen) atoms. The molecule has 1 heterocycles. The van der Waals surface area contributed by atoms with Gasteiger partial charge >= 0.3 is 12.1 Å². The van der Waals surface area contributed by atoms with Crippen LogP contribution in [-0.4, -0.2) is 17.7 Å². The van der Waals surface area contributed by atoms with Gasteiger partial charge in [-0.15, -0.1) is 0 Å². The Morgan fingerprint density at radius 1 is 1.37 bits per heavy atom. The van der Waals surface area contributed by atoms with Crippen molar-refractivity contribution in [3.05, 3.63) is 41.0 Å². The van der Waals surface area contributed by atoms with Crippen LogP contribution in [0.5, 0.6) is 0 Å². The molecule has 0 radical (unpaired) electrons. The minimum Gasteiger partial charge on any atom is -0.478 e. The van der Waals surface area contributed by atoms with Gasteiger partial charge < -0.3 is 9.84 Å². The number of hydrogen-bond acceptors (Lipinski definition) is 2. The molecule has 2 rings (SSSR count). The normalized spacial score (nSPS) is 17.9. The standard InChI is InChI=1S/C13H11F3O3/c14-13(15,16)10-1-2-11-8(6-12(17)18)3-4-19-7-9(11)5-10/h1-2,5-6H,3-4,7H2,(H,17,18)/b8-6+. The van der Waals surface area contributed by atoms with E-state index in [9.17, 15) is 18.0 Å². The molecule has 0 saturated heterocycles. The Morgan fingerprint density at radius 2 is 2.11 bits per heavy atom. The summed E-state index contributed by atoms with van der Waals surface area (Å²) in [6.07, 6.45) is -3.04. The molecule has 0 aromatic heterocycles. The van der Waals surface area contributed by atoms with E-state index in [1.54, 1.807) is 0 Å². The fraction of sp³-hybridized carbons (Fsp3) is 0.308. The van der Waals surface area contributed by atoms with Crippen molar-refractivity contribution in [2.24, 2.45) is 0 Å². The van der Waals surface area contributed by atoms with Crippen LogP contribution in [0.1, 0.15) is 23.1 Å². The molecular weight excluding hydrogens is 261 g/mol. The maximum absolute atomic E-state index is 12.6. The van der Waals surface area contributed by atoms with Crippen molar-refractivity contribution in [3.63, 3.8) is 0 Å².